The van der Waals surface area contributed by atoms with Crippen molar-refractivity contribution in [2.75, 3.05) is 13.2 Å². The molecule has 0 unspecified atom stereocenters. The monoisotopic (exact) mass is 827 g/mol. The number of allylic oxidation sites excluding steroid dienone is 8. The van der Waals surface area contributed by atoms with Gasteiger partial charge in [0.15, 0.2) is 6.10 Å². The molecule has 0 rings (SSSR count). The Morgan fingerprint density at radius 3 is 1.00 bits per heavy atom. The molecule has 0 amide bonds. The Morgan fingerprint density at radius 2 is 0.610 bits per heavy atom. The minimum atomic E-state index is -0.782. The van der Waals surface area contributed by atoms with Gasteiger partial charge in [-0.05, 0) is 83.5 Å². The number of esters is 3. The van der Waals surface area contributed by atoms with E-state index < -0.39 is 6.10 Å². The van der Waals surface area contributed by atoms with Gasteiger partial charge in [-0.3, -0.25) is 14.4 Å². The van der Waals surface area contributed by atoms with E-state index in [9.17, 15) is 14.4 Å². The van der Waals surface area contributed by atoms with Gasteiger partial charge in [-0.15, -0.1) is 0 Å². The topological polar surface area (TPSA) is 78.9 Å². The Balaban J connectivity index is 4.40. The molecule has 0 aliphatic carbocycles. The Morgan fingerprint density at radius 1 is 0.339 bits per heavy atom. The fourth-order valence-electron chi connectivity index (χ4n) is 6.97. The van der Waals surface area contributed by atoms with Gasteiger partial charge in [0, 0.05) is 19.3 Å². The molecule has 0 N–H and O–H groups in total. The number of ether oxygens (including phenoxy) is 3. The molecular formula is C53H94O6. The smallest absolute Gasteiger partial charge is 0.306 e. The van der Waals surface area contributed by atoms with Crippen molar-refractivity contribution < 1.29 is 28.6 Å². The van der Waals surface area contributed by atoms with Gasteiger partial charge in [-0.2, -0.15) is 0 Å². The number of rotatable bonds is 45. The third kappa shape index (κ3) is 46.3. The van der Waals surface area contributed by atoms with Crippen molar-refractivity contribution in [2.45, 2.75) is 258 Å². The second-order valence-corrected chi connectivity index (χ2v) is 16.7. The highest BCUT2D eigenvalue weighted by atomic mass is 16.6. The molecule has 0 bridgehead atoms. The number of carbonyl (C=O) groups is 3. The maximum Gasteiger partial charge on any atom is 0.306 e. The summed E-state index contributed by atoms with van der Waals surface area (Å²) in [5.41, 5.74) is 0. The molecule has 0 aliphatic rings. The van der Waals surface area contributed by atoms with E-state index in [0.29, 0.717) is 19.3 Å². The Bertz CT molecular complexity index is 1040. The second kappa shape index (κ2) is 48.0. The maximum absolute atomic E-state index is 12.7. The first kappa shape index (κ1) is 56.4. The van der Waals surface area contributed by atoms with E-state index in [1.54, 1.807) is 0 Å². The Hall–Kier alpha value is -2.63. The van der Waals surface area contributed by atoms with Gasteiger partial charge < -0.3 is 14.2 Å². The van der Waals surface area contributed by atoms with Crippen molar-refractivity contribution in [3.8, 4) is 0 Å². The lowest BCUT2D eigenvalue weighted by molar-refractivity contribution is -0.167. The van der Waals surface area contributed by atoms with E-state index >= 15 is 0 Å². The highest BCUT2D eigenvalue weighted by Gasteiger charge is 2.19. The summed E-state index contributed by atoms with van der Waals surface area (Å²) in [4.78, 5) is 37.9. The van der Waals surface area contributed by atoms with Crippen molar-refractivity contribution in [3.05, 3.63) is 48.6 Å². The number of hydrogen-bond donors (Lipinski definition) is 0. The molecule has 0 aliphatic heterocycles. The van der Waals surface area contributed by atoms with Crippen LogP contribution in [-0.2, 0) is 28.6 Å². The van der Waals surface area contributed by atoms with E-state index in [2.05, 4.69) is 69.4 Å². The molecule has 0 aromatic carbocycles. The molecule has 6 heteroatoms. The van der Waals surface area contributed by atoms with Crippen LogP contribution in [0.4, 0.5) is 0 Å². The van der Waals surface area contributed by atoms with Gasteiger partial charge in [0.1, 0.15) is 13.2 Å². The molecule has 0 spiro atoms. The van der Waals surface area contributed by atoms with Crippen molar-refractivity contribution in [1.29, 1.82) is 0 Å². The summed E-state index contributed by atoms with van der Waals surface area (Å²) in [7, 11) is 0. The summed E-state index contributed by atoms with van der Waals surface area (Å²) in [6, 6.07) is 0. The number of hydrogen-bond acceptors (Lipinski definition) is 6. The van der Waals surface area contributed by atoms with E-state index in [1.807, 2.05) is 0 Å². The van der Waals surface area contributed by atoms with Gasteiger partial charge >= 0.3 is 17.9 Å². The third-order valence-corrected chi connectivity index (χ3v) is 10.8. The number of unbranched alkanes of at least 4 members (excludes halogenated alkanes) is 26. The van der Waals surface area contributed by atoms with Crippen LogP contribution in [0.1, 0.15) is 252 Å². The van der Waals surface area contributed by atoms with E-state index in [-0.39, 0.29) is 31.1 Å². The summed E-state index contributed by atoms with van der Waals surface area (Å²) in [6.45, 7) is 6.56. The Labute approximate surface area is 365 Å². The molecular weight excluding hydrogens is 733 g/mol. The standard InChI is InChI=1S/C53H94O6/c1-4-7-10-13-16-19-22-25-26-27-28-29-32-34-37-40-43-46-52(55)58-49-50(59-53(56)47-44-41-38-35-31-24-21-18-15-12-9-6-3)48-57-51(54)45-42-39-36-33-30-23-20-17-14-11-8-5-2/h16,18-19,21,25-26,28-29,50H,4-15,17,20,22-24,27,30-49H2,1-3H3/b19-16-,21-18-,26-25-,29-28-/t50-/m1/s1. The quantitative estimate of drug-likeness (QED) is 0.0263. The van der Waals surface area contributed by atoms with Gasteiger partial charge in [0.2, 0.25) is 0 Å². The summed E-state index contributed by atoms with van der Waals surface area (Å²) < 4.78 is 16.7. The van der Waals surface area contributed by atoms with Crippen LogP contribution in [0.5, 0.6) is 0 Å². The summed E-state index contributed by atoms with van der Waals surface area (Å²) in [5.74, 6) is -0.909. The fourth-order valence-corrected chi connectivity index (χ4v) is 6.97. The molecule has 0 saturated carbocycles. The molecule has 0 heterocycles. The van der Waals surface area contributed by atoms with Crippen molar-refractivity contribution in [3.63, 3.8) is 0 Å². The van der Waals surface area contributed by atoms with Crippen LogP contribution in [-0.4, -0.2) is 37.2 Å². The lowest BCUT2D eigenvalue weighted by Crippen LogP contribution is -2.30. The van der Waals surface area contributed by atoms with Crippen LogP contribution in [0, 0.1) is 0 Å². The Kier molecular flexibility index (Phi) is 45.9. The van der Waals surface area contributed by atoms with Crippen molar-refractivity contribution in [1.82, 2.24) is 0 Å². The SMILES string of the molecule is CCCCC/C=C\C/C=C\C/C=C\CCCCCCC(=O)OC[C@@H](COC(=O)CCCCCCCCCCCCCC)OC(=O)CCCCCCC/C=C\CCCCC. The predicted octanol–water partition coefficient (Wildman–Crippen LogP) is 16.3. The van der Waals surface area contributed by atoms with Crippen LogP contribution < -0.4 is 0 Å². The normalized spacial score (nSPS) is 12.4. The van der Waals surface area contributed by atoms with Crippen LogP contribution in [0.2, 0.25) is 0 Å². The van der Waals surface area contributed by atoms with Crippen LogP contribution in [0.25, 0.3) is 0 Å². The van der Waals surface area contributed by atoms with Gasteiger partial charge in [-0.25, -0.2) is 0 Å². The highest BCUT2D eigenvalue weighted by Crippen LogP contribution is 2.14. The largest absolute Gasteiger partial charge is 0.462 e. The third-order valence-electron chi connectivity index (χ3n) is 10.8. The summed E-state index contributed by atoms with van der Waals surface area (Å²) >= 11 is 0. The molecule has 0 radical (unpaired) electrons. The number of carbonyl (C=O) groups excluding carboxylic acids is 3. The first-order chi connectivity index (χ1) is 29.0. The minimum absolute atomic E-state index is 0.0818. The summed E-state index contributed by atoms with van der Waals surface area (Å²) in [5, 5.41) is 0. The zero-order valence-electron chi connectivity index (χ0n) is 39.0. The first-order valence-corrected chi connectivity index (χ1v) is 25.1. The minimum Gasteiger partial charge on any atom is -0.462 e. The highest BCUT2D eigenvalue weighted by molar-refractivity contribution is 5.71. The van der Waals surface area contributed by atoms with Gasteiger partial charge in [-0.1, -0.05) is 198 Å². The van der Waals surface area contributed by atoms with Crippen LogP contribution >= 0.6 is 0 Å². The first-order valence-electron chi connectivity index (χ1n) is 25.1. The summed E-state index contributed by atoms with van der Waals surface area (Å²) in [6.07, 6.45) is 56.6. The average molecular weight is 827 g/mol. The molecule has 0 saturated heterocycles. The van der Waals surface area contributed by atoms with Gasteiger partial charge in [0.05, 0.1) is 0 Å². The molecule has 0 fully saturated rings. The van der Waals surface area contributed by atoms with Crippen LogP contribution in [0.3, 0.4) is 0 Å². The van der Waals surface area contributed by atoms with E-state index in [4.69, 9.17) is 14.2 Å². The molecule has 342 valence electrons. The average Bonchev–Trinajstić information content (AvgIpc) is 3.23. The lowest BCUT2D eigenvalue weighted by Gasteiger charge is -2.18. The predicted molar refractivity (Wildman–Crippen MR) is 252 cm³/mol. The van der Waals surface area contributed by atoms with Crippen LogP contribution in [0.15, 0.2) is 48.6 Å². The lowest BCUT2D eigenvalue weighted by atomic mass is 10.0. The molecule has 0 aromatic rings. The molecule has 59 heavy (non-hydrogen) atoms. The van der Waals surface area contributed by atoms with Gasteiger partial charge in [0.25, 0.3) is 0 Å². The van der Waals surface area contributed by atoms with E-state index in [0.717, 1.165) is 96.3 Å². The maximum atomic E-state index is 12.7. The zero-order chi connectivity index (χ0) is 43.0. The van der Waals surface area contributed by atoms with Crippen molar-refractivity contribution in [2.24, 2.45) is 0 Å². The fraction of sp³-hybridized carbons (Fsp3) is 0.792. The van der Waals surface area contributed by atoms with Crippen molar-refractivity contribution >= 4 is 17.9 Å². The molecule has 1 atom stereocenters. The second-order valence-electron chi connectivity index (χ2n) is 16.7. The zero-order valence-corrected chi connectivity index (χ0v) is 39.0. The molecule has 0 aromatic heterocycles. The van der Waals surface area contributed by atoms with E-state index in [1.165, 1.54) is 116 Å². The molecule has 6 nitrogen and oxygen atoms in total.